The number of halogens is 3. The van der Waals surface area contributed by atoms with Crippen LogP contribution >= 0.6 is 27.7 Å². The molecule has 5 nitrogen and oxygen atoms in total. The first-order valence-electron chi connectivity index (χ1n) is 11.5. The minimum absolute atomic E-state index is 0.0772. The van der Waals surface area contributed by atoms with Crippen LogP contribution in [0.2, 0.25) is 0 Å². The van der Waals surface area contributed by atoms with Gasteiger partial charge >= 0.3 is 5.97 Å². The SMILES string of the molecule is O=C(O)c1c(CSc2ccc(F)c(F)c2)n(C2CC2)c2cc(Br)c(O)c(CN3CCCCC3)c12. The number of rotatable bonds is 7. The summed E-state index contributed by atoms with van der Waals surface area (Å²) in [4.78, 5) is 15.4. The molecule has 2 aromatic carbocycles. The molecule has 1 aliphatic carbocycles. The van der Waals surface area contributed by atoms with E-state index in [9.17, 15) is 23.8 Å². The summed E-state index contributed by atoms with van der Waals surface area (Å²) in [5.74, 6) is -2.52. The Morgan fingerprint density at radius 2 is 1.85 bits per heavy atom. The molecule has 0 amide bonds. The van der Waals surface area contributed by atoms with E-state index >= 15 is 0 Å². The molecule has 34 heavy (non-hydrogen) atoms. The standard InChI is InChI=1S/C25H25BrF2N2O3S/c26-17-11-20-22(16(24(17)31)12-29-8-2-1-3-9-29)23(25(32)33)21(30(20)14-4-5-14)13-34-15-6-7-18(27)19(28)10-15/h6-7,10-11,14,31H,1-5,8-9,12-13H2,(H,32,33). The van der Waals surface area contributed by atoms with Crippen LogP contribution in [0.3, 0.4) is 0 Å². The number of likely N-dealkylation sites (tertiary alicyclic amines) is 1. The number of hydrogen-bond donors (Lipinski definition) is 2. The number of carbonyl (C=O) groups is 1. The Balaban J connectivity index is 1.64. The van der Waals surface area contributed by atoms with E-state index < -0.39 is 17.6 Å². The third-order valence-electron chi connectivity index (χ3n) is 6.65. The molecule has 0 bridgehead atoms. The van der Waals surface area contributed by atoms with Gasteiger partial charge in [-0.1, -0.05) is 6.42 Å². The van der Waals surface area contributed by atoms with Crippen molar-refractivity contribution in [2.45, 2.75) is 55.3 Å². The molecule has 2 N–H and O–H groups in total. The number of aromatic nitrogens is 1. The van der Waals surface area contributed by atoms with Gasteiger partial charge in [-0.15, -0.1) is 11.8 Å². The predicted molar refractivity (Wildman–Crippen MR) is 132 cm³/mol. The molecule has 0 radical (unpaired) electrons. The summed E-state index contributed by atoms with van der Waals surface area (Å²) in [6.07, 6.45) is 5.25. The van der Waals surface area contributed by atoms with E-state index in [-0.39, 0.29) is 17.4 Å². The van der Waals surface area contributed by atoms with Gasteiger partial charge in [0, 0.05) is 39.9 Å². The summed E-state index contributed by atoms with van der Waals surface area (Å²) in [6, 6.07) is 5.71. The number of carboxylic acid groups (broad SMARTS) is 1. The lowest BCUT2D eigenvalue weighted by atomic mass is 10.0. The molecule has 1 aliphatic heterocycles. The summed E-state index contributed by atoms with van der Waals surface area (Å²) in [7, 11) is 0. The van der Waals surface area contributed by atoms with Crippen LogP contribution in [0.25, 0.3) is 10.9 Å². The van der Waals surface area contributed by atoms with Crippen molar-refractivity contribution in [2.75, 3.05) is 13.1 Å². The Bertz CT molecular complexity index is 1270. The number of carboxylic acids is 1. The van der Waals surface area contributed by atoms with Gasteiger partial charge in [0.15, 0.2) is 11.6 Å². The van der Waals surface area contributed by atoms with Crippen molar-refractivity contribution in [3.8, 4) is 5.75 Å². The molecule has 2 aliphatic rings. The predicted octanol–water partition coefficient (Wildman–Crippen LogP) is 6.70. The summed E-state index contributed by atoms with van der Waals surface area (Å²) in [5, 5.41) is 21.9. The Morgan fingerprint density at radius 3 is 2.50 bits per heavy atom. The fourth-order valence-corrected chi connectivity index (χ4v) is 6.29. The number of thioether (sulfide) groups is 1. The number of hydrogen-bond acceptors (Lipinski definition) is 4. The molecule has 0 spiro atoms. The highest BCUT2D eigenvalue weighted by Gasteiger charge is 2.34. The van der Waals surface area contributed by atoms with Crippen LogP contribution in [0.5, 0.6) is 5.75 Å². The Hall–Kier alpha value is -2.10. The van der Waals surface area contributed by atoms with Crippen LogP contribution in [0.15, 0.2) is 33.6 Å². The zero-order valence-corrected chi connectivity index (χ0v) is 20.9. The molecule has 9 heteroatoms. The van der Waals surface area contributed by atoms with Gasteiger partial charge in [-0.25, -0.2) is 13.6 Å². The van der Waals surface area contributed by atoms with Gasteiger partial charge in [-0.05, 0) is 79.0 Å². The van der Waals surface area contributed by atoms with Gasteiger partial charge in [-0.2, -0.15) is 0 Å². The highest BCUT2D eigenvalue weighted by atomic mass is 79.9. The molecule has 3 aromatic rings. The van der Waals surface area contributed by atoms with Crippen molar-refractivity contribution < 1.29 is 23.8 Å². The normalized spacial score (nSPS) is 16.9. The van der Waals surface area contributed by atoms with Crippen LogP contribution in [0.4, 0.5) is 8.78 Å². The highest BCUT2D eigenvalue weighted by Crippen LogP contribution is 2.47. The number of phenolic OH excluding ortho intramolecular Hbond substituents is 1. The van der Waals surface area contributed by atoms with Crippen molar-refractivity contribution in [1.82, 2.24) is 9.47 Å². The van der Waals surface area contributed by atoms with Gasteiger partial charge < -0.3 is 14.8 Å². The smallest absolute Gasteiger partial charge is 0.338 e. The fourth-order valence-electron chi connectivity index (χ4n) is 4.89. The van der Waals surface area contributed by atoms with E-state index in [4.69, 9.17) is 0 Å². The second kappa shape index (κ2) is 9.51. The fraction of sp³-hybridized carbons (Fsp3) is 0.400. The second-order valence-corrected chi connectivity index (χ2v) is 10.9. The minimum atomic E-state index is -1.05. The Labute approximate surface area is 208 Å². The number of benzene rings is 2. The average molecular weight is 551 g/mol. The maximum absolute atomic E-state index is 13.7. The number of phenols is 1. The monoisotopic (exact) mass is 550 g/mol. The molecule has 1 saturated heterocycles. The zero-order valence-electron chi connectivity index (χ0n) is 18.5. The van der Waals surface area contributed by atoms with Crippen LogP contribution in [-0.4, -0.2) is 38.7 Å². The second-order valence-electron chi connectivity index (χ2n) is 9.01. The molecule has 0 unspecified atom stereocenters. The van der Waals surface area contributed by atoms with Crippen molar-refractivity contribution >= 4 is 44.6 Å². The first-order valence-corrected chi connectivity index (χ1v) is 13.2. The number of nitrogens with zero attached hydrogens (tertiary/aromatic N) is 2. The third kappa shape index (κ3) is 4.45. The van der Waals surface area contributed by atoms with Gasteiger partial charge in [-0.3, -0.25) is 4.90 Å². The molecular weight excluding hydrogens is 526 g/mol. The van der Waals surface area contributed by atoms with Crippen LogP contribution in [-0.2, 0) is 12.3 Å². The van der Waals surface area contributed by atoms with E-state index in [1.165, 1.54) is 24.2 Å². The maximum Gasteiger partial charge on any atom is 0.338 e. The molecular formula is C25H25BrF2N2O3S. The number of fused-ring (bicyclic) bond motifs is 1. The van der Waals surface area contributed by atoms with E-state index in [2.05, 4.69) is 25.4 Å². The first kappa shape index (κ1) is 23.6. The van der Waals surface area contributed by atoms with Crippen LogP contribution in [0.1, 0.15) is 59.8 Å². The Kier molecular flexibility index (Phi) is 6.61. The van der Waals surface area contributed by atoms with Crippen molar-refractivity contribution in [1.29, 1.82) is 0 Å². The van der Waals surface area contributed by atoms with E-state index in [0.29, 0.717) is 38.3 Å². The summed E-state index contributed by atoms with van der Waals surface area (Å²) < 4.78 is 29.7. The van der Waals surface area contributed by atoms with Crippen molar-refractivity contribution in [3.05, 3.63) is 57.2 Å². The average Bonchev–Trinajstić information content (AvgIpc) is 3.60. The van der Waals surface area contributed by atoms with Gasteiger partial charge in [0.25, 0.3) is 0 Å². The van der Waals surface area contributed by atoms with Gasteiger partial charge in [0.2, 0.25) is 0 Å². The van der Waals surface area contributed by atoms with Crippen LogP contribution < -0.4 is 0 Å². The van der Waals surface area contributed by atoms with Gasteiger partial charge in [0.1, 0.15) is 5.75 Å². The summed E-state index contributed by atoms with van der Waals surface area (Å²) in [5.41, 5.74) is 2.24. The van der Waals surface area contributed by atoms with Crippen molar-refractivity contribution in [2.24, 2.45) is 0 Å². The third-order valence-corrected chi connectivity index (χ3v) is 8.25. The van der Waals surface area contributed by atoms with Gasteiger partial charge in [0.05, 0.1) is 15.6 Å². The molecule has 5 rings (SSSR count). The molecule has 2 heterocycles. The quantitative estimate of drug-likeness (QED) is 0.320. The minimum Gasteiger partial charge on any atom is -0.506 e. The van der Waals surface area contributed by atoms with Crippen LogP contribution in [0, 0.1) is 11.6 Å². The lowest BCUT2D eigenvalue weighted by molar-refractivity contribution is 0.0697. The largest absolute Gasteiger partial charge is 0.506 e. The molecule has 1 aromatic heterocycles. The van der Waals surface area contributed by atoms with Crippen molar-refractivity contribution in [3.63, 3.8) is 0 Å². The summed E-state index contributed by atoms with van der Waals surface area (Å²) in [6.45, 7) is 2.31. The molecule has 1 saturated carbocycles. The van der Waals surface area contributed by atoms with E-state index in [1.54, 1.807) is 6.07 Å². The highest BCUT2D eigenvalue weighted by molar-refractivity contribution is 9.10. The number of aromatic hydroxyl groups is 1. The summed E-state index contributed by atoms with van der Waals surface area (Å²) >= 11 is 4.76. The number of piperidine rings is 1. The molecule has 180 valence electrons. The lowest BCUT2D eigenvalue weighted by Crippen LogP contribution is -2.29. The lowest BCUT2D eigenvalue weighted by Gasteiger charge is -2.27. The number of aromatic carboxylic acids is 1. The van der Waals surface area contributed by atoms with E-state index in [1.807, 2.05) is 0 Å². The maximum atomic E-state index is 13.7. The zero-order chi connectivity index (χ0) is 24.0. The van der Waals surface area contributed by atoms with E-state index in [0.717, 1.165) is 56.4 Å². The first-order chi connectivity index (χ1) is 16.3. The topological polar surface area (TPSA) is 65.7 Å². The molecule has 2 fully saturated rings. The molecule has 0 atom stereocenters. The Morgan fingerprint density at radius 1 is 1.12 bits per heavy atom.